The lowest BCUT2D eigenvalue weighted by atomic mass is 10.2. The monoisotopic (exact) mass is 392 g/mol. The highest BCUT2D eigenvalue weighted by Crippen LogP contribution is 2.29. The minimum absolute atomic E-state index is 0.235. The molecule has 1 N–H and O–H groups in total. The van der Waals surface area contributed by atoms with E-state index in [0.717, 1.165) is 18.9 Å². The summed E-state index contributed by atoms with van der Waals surface area (Å²) in [4.78, 5) is 14.6. The zero-order valence-corrected chi connectivity index (χ0v) is 16.8. The quantitative estimate of drug-likeness (QED) is 0.629. The van der Waals surface area contributed by atoms with Gasteiger partial charge in [-0.2, -0.15) is 0 Å². The van der Waals surface area contributed by atoms with Crippen molar-refractivity contribution in [1.29, 1.82) is 0 Å². The summed E-state index contributed by atoms with van der Waals surface area (Å²) in [6.07, 6.45) is 0. The highest BCUT2D eigenvalue weighted by Gasteiger charge is 2.13. The maximum Gasteiger partial charge on any atom is 0.276 e. The Balaban J connectivity index is 1.69. The maximum absolute atomic E-state index is 12.5. The number of hydrogen-bond donors (Lipinski definition) is 1. The van der Waals surface area contributed by atoms with Gasteiger partial charge in [0, 0.05) is 24.8 Å². The fourth-order valence-corrected chi connectivity index (χ4v) is 2.88. The fraction of sp³-hybridized carbons (Fsp3) is 0.227. The van der Waals surface area contributed by atoms with Crippen molar-refractivity contribution in [2.75, 3.05) is 31.0 Å². The van der Waals surface area contributed by atoms with Crippen molar-refractivity contribution in [2.24, 2.45) is 0 Å². The normalized spacial score (nSPS) is 10.3. The molecule has 7 heteroatoms. The number of nitrogens with one attached hydrogen (secondary N) is 1. The summed E-state index contributed by atoms with van der Waals surface area (Å²) in [5.74, 6) is 1.50. The summed E-state index contributed by atoms with van der Waals surface area (Å²) >= 11 is 0. The Morgan fingerprint density at radius 2 is 1.72 bits per heavy atom. The highest BCUT2D eigenvalue weighted by molar-refractivity contribution is 6.03. The van der Waals surface area contributed by atoms with Gasteiger partial charge in [-0.25, -0.2) is 0 Å². The van der Waals surface area contributed by atoms with E-state index >= 15 is 0 Å². The van der Waals surface area contributed by atoms with Crippen molar-refractivity contribution in [1.82, 2.24) is 10.2 Å². The topological polar surface area (TPSA) is 76.6 Å². The molecule has 0 bridgehead atoms. The van der Waals surface area contributed by atoms with E-state index in [-0.39, 0.29) is 11.6 Å². The third-order valence-corrected chi connectivity index (χ3v) is 4.45. The number of anilines is 2. The molecule has 0 aliphatic heterocycles. The van der Waals surface area contributed by atoms with E-state index in [1.165, 1.54) is 5.56 Å². The molecule has 0 saturated carbocycles. The average molecular weight is 392 g/mol. The molecule has 29 heavy (non-hydrogen) atoms. The second-order valence-corrected chi connectivity index (χ2v) is 6.30. The molecule has 0 aliphatic carbocycles. The minimum atomic E-state index is -0.345. The third kappa shape index (κ3) is 5.01. The van der Waals surface area contributed by atoms with Crippen LogP contribution in [-0.4, -0.2) is 36.9 Å². The van der Waals surface area contributed by atoms with Crippen molar-refractivity contribution in [3.63, 3.8) is 0 Å². The third-order valence-electron chi connectivity index (χ3n) is 4.45. The molecule has 0 unspecified atom stereocenters. The molecule has 0 fully saturated rings. The minimum Gasteiger partial charge on any atom is -0.493 e. The molecular weight excluding hydrogens is 368 g/mol. The largest absolute Gasteiger partial charge is 0.493 e. The lowest BCUT2D eigenvalue weighted by Crippen LogP contribution is -2.24. The Labute approximate surface area is 170 Å². The van der Waals surface area contributed by atoms with Crippen molar-refractivity contribution in [3.8, 4) is 11.5 Å². The summed E-state index contributed by atoms with van der Waals surface area (Å²) in [6, 6.07) is 18.8. The van der Waals surface area contributed by atoms with Gasteiger partial charge in [0.15, 0.2) is 23.0 Å². The molecule has 0 saturated heterocycles. The van der Waals surface area contributed by atoms with Gasteiger partial charge in [0.2, 0.25) is 0 Å². The zero-order chi connectivity index (χ0) is 20.6. The van der Waals surface area contributed by atoms with Gasteiger partial charge in [-0.15, -0.1) is 10.2 Å². The van der Waals surface area contributed by atoms with Crippen molar-refractivity contribution >= 4 is 17.4 Å². The van der Waals surface area contributed by atoms with Gasteiger partial charge in [0.05, 0.1) is 14.2 Å². The summed E-state index contributed by atoms with van der Waals surface area (Å²) in [5, 5.41) is 11.1. The molecule has 7 nitrogen and oxygen atoms in total. The molecule has 0 radical (unpaired) electrons. The van der Waals surface area contributed by atoms with E-state index in [1.54, 1.807) is 38.5 Å². The predicted octanol–water partition coefficient (Wildman–Crippen LogP) is 3.77. The predicted molar refractivity (Wildman–Crippen MR) is 113 cm³/mol. The molecule has 1 heterocycles. The van der Waals surface area contributed by atoms with E-state index in [2.05, 4.69) is 39.5 Å². The van der Waals surface area contributed by atoms with E-state index in [1.807, 2.05) is 24.3 Å². The standard InChI is InChI=1S/C22H24N4O3/c1-4-26(15-16-8-6-5-7-9-16)21-13-11-18(24-25-21)22(27)23-17-10-12-19(28-2)20(14-17)29-3/h5-14H,4,15H2,1-3H3,(H,23,27). The smallest absolute Gasteiger partial charge is 0.276 e. The molecule has 2 aromatic carbocycles. The second-order valence-electron chi connectivity index (χ2n) is 6.30. The summed E-state index contributed by atoms with van der Waals surface area (Å²) in [5.41, 5.74) is 2.00. The number of ether oxygens (including phenoxy) is 2. The molecule has 0 atom stereocenters. The molecule has 0 aliphatic rings. The van der Waals surface area contributed by atoms with Crippen LogP contribution in [0.3, 0.4) is 0 Å². The van der Waals surface area contributed by atoms with Crippen LogP contribution in [0.2, 0.25) is 0 Å². The average Bonchev–Trinajstić information content (AvgIpc) is 2.78. The number of amides is 1. The van der Waals surface area contributed by atoms with Gasteiger partial charge >= 0.3 is 0 Å². The van der Waals surface area contributed by atoms with Crippen LogP contribution < -0.4 is 19.7 Å². The van der Waals surface area contributed by atoms with Gasteiger partial charge in [0.1, 0.15) is 0 Å². The Hall–Kier alpha value is -3.61. The molecule has 1 amide bonds. The van der Waals surface area contributed by atoms with Crippen molar-refractivity contribution in [2.45, 2.75) is 13.5 Å². The van der Waals surface area contributed by atoms with E-state index < -0.39 is 0 Å². The van der Waals surface area contributed by atoms with E-state index in [9.17, 15) is 4.79 Å². The number of hydrogen-bond acceptors (Lipinski definition) is 6. The van der Waals surface area contributed by atoms with Crippen LogP contribution in [0.25, 0.3) is 0 Å². The number of methoxy groups -OCH3 is 2. The van der Waals surface area contributed by atoms with Crippen molar-refractivity contribution in [3.05, 3.63) is 71.9 Å². The first-order chi connectivity index (χ1) is 14.1. The van der Waals surface area contributed by atoms with Crippen LogP contribution in [0.5, 0.6) is 11.5 Å². The number of aromatic nitrogens is 2. The van der Waals surface area contributed by atoms with Crippen LogP contribution in [0.1, 0.15) is 23.0 Å². The van der Waals surface area contributed by atoms with E-state index in [0.29, 0.717) is 17.2 Å². The SMILES string of the molecule is CCN(Cc1ccccc1)c1ccc(C(=O)Nc2ccc(OC)c(OC)c2)nn1. The first-order valence-electron chi connectivity index (χ1n) is 9.30. The number of nitrogens with zero attached hydrogens (tertiary/aromatic N) is 3. The number of rotatable bonds is 8. The van der Waals surface area contributed by atoms with Crippen LogP contribution in [0, 0.1) is 0 Å². The Morgan fingerprint density at radius 1 is 0.966 bits per heavy atom. The van der Waals surface area contributed by atoms with Gasteiger partial charge < -0.3 is 19.7 Å². The lowest BCUT2D eigenvalue weighted by Gasteiger charge is -2.21. The molecule has 150 valence electrons. The number of carbonyl (C=O) groups is 1. The molecule has 0 spiro atoms. The van der Waals surface area contributed by atoms with Crippen LogP contribution in [-0.2, 0) is 6.54 Å². The summed E-state index contributed by atoms with van der Waals surface area (Å²) in [6.45, 7) is 3.56. The van der Waals surface area contributed by atoms with Gasteiger partial charge in [-0.1, -0.05) is 30.3 Å². The highest BCUT2D eigenvalue weighted by atomic mass is 16.5. The number of benzene rings is 2. The van der Waals surface area contributed by atoms with Gasteiger partial charge in [0.25, 0.3) is 5.91 Å². The van der Waals surface area contributed by atoms with Crippen molar-refractivity contribution < 1.29 is 14.3 Å². The molecule has 1 aromatic heterocycles. The maximum atomic E-state index is 12.5. The summed E-state index contributed by atoms with van der Waals surface area (Å²) in [7, 11) is 3.10. The van der Waals surface area contributed by atoms with E-state index in [4.69, 9.17) is 9.47 Å². The second kappa shape index (κ2) is 9.54. The van der Waals surface area contributed by atoms with Gasteiger partial charge in [-0.05, 0) is 36.8 Å². The Morgan fingerprint density at radius 3 is 2.34 bits per heavy atom. The van der Waals surface area contributed by atoms with Crippen LogP contribution in [0.15, 0.2) is 60.7 Å². The number of carbonyl (C=O) groups excluding carboxylic acids is 1. The van der Waals surface area contributed by atoms with Crippen LogP contribution in [0.4, 0.5) is 11.5 Å². The first kappa shape index (κ1) is 20.1. The lowest BCUT2D eigenvalue weighted by molar-refractivity contribution is 0.102. The Kier molecular flexibility index (Phi) is 6.63. The Bertz CT molecular complexity index is 946. The molecular formula is C22H24N4O3. The fourth-order valence-electron chi connectivity index (χ4n) is 2.88. The molecule has 3 aromatic rings. The summed E-state index contributed by atoms with van der Waals surface area (Å²) < 4.78 is 10.5. The molecule has 3 rings (SSSR count). The van der Waals surface area contributed by atoms with Crippen LogP contribution >= 0.6 is 0 Å². The zero-order valence-electron chi connectivity index (χ0n) is 16.8. The first-order valence-corrected chi connectivity index (χ1v) is 9.30. The van der Waals surface area contributed by atoms with Gasteiger partial charge in [-0.3, -0.25) is 4.79 Å².